The maximum atomic E-state index is 12.8. The van der Waals surface area contributed by atoms with Crippen LogP contribution in [0.2, 0.25) is 0 Å². The number of aryl methyl sites for hydroxylation is 1. The first-order valence-corrected chi connectivity index (χ1v) is 8.36. The summed E-state index contributed by atoms with van der Waals surface area (Å²) in [4.78, 5) is 13.9. The highest BCUT2D eigenvalue weighted by Crippen LogP contribution is 2.23. The standard InChI is InChI=1S/C20H24FNO4/c1-22(10-11-26-17-7-5-16(21)6-8-17)20(23)9-4-15-12-18(24-2)14-19(13-15)25-3/h5-8,12-14H,4,9-11H2,1-3H3. The van der Waals surface area contributed by atoms with E-state index in [9.17, 15) is 9.18 Å². The summed E-state index contributed by atoms with van der Waals surface area (Å²) in [6, 6.07) is 11.4. The molecule has 2 rings (SSSR count). The first-order valence-electron chi connectivity index (χ1n) is 8.36. The second kappa shape index (κ2) is 9.65. The van der Waals surface area contributed by atoms with Gasteiger partial charge in [0.1, 0.15) is 29.7 Å². The number of benzene rings is 2. The zero-order valence-electron chi connectivity index (χ0n) is 15.3. The van der Waals surface area contributed by atoms with Crippen molar-refractivity contribution in [2.24, 2.45) is 0 Å². The Kier molecular flexibility index (Phi) is 7.26. The largest absolute Gasteiger partial charge is 0.497 e. The van der Waals surface area contributed by atoms with Crippen LogP contribution in [0.15, 0.2) is 42.5 Å². The van der Waals surface area contributed by atoms with Crippen LogP contribution in [0.25, 0.3) is 0 Å². The van der Waals surface area contributed by atoms with Crippen molar-refractivity contribution in [2.75, 3.05) is 34.4 Å². The lowest BCUT2D eigenvalue weighted by molar-refractivity contribution is -0.130. The minimum absolute atomic E-state index is 0.0227. The minimum Gasteiger partial charge on any atom is -0.497 e. The van der Waals surface area contributed by atoms with Gasteiger partial charge in [-0.05, 0) is 48.4 Å². The van der Waals surface area contributed by atoms with E-state index in [1.165, 1.54) is 12.1 Å². The predicted octanol–water partition coefficient (Wildman–Crippen LogP) is 3.31. The fraction of sp³-hybridized carbons (Fsp3) is 0.350. The normalized spacial score (nSPS) is 10.3. The third kappa shape index (κ3) is 5.95. The minimum atomic E-state index is -0.307. The molecule has 26 heavy (non-hydrogen) atoms. The molecule has 0 aliphatic rings. The van der Waals surface area contributed by atoms with Crippen LogP contribution in [-0.2, 0) is 11.2 Å². The molecule has 140 valence electrons. The maximum absolute atomic E-state index is 12.8. The zero-order chi connectivity index (χ0) is 18.9. The topological polar surface area (TPSA) is 48.0 Å². The Balaban J connectivity index is 1.78. The molecule has 0 aliphatic heterocycles. The van der Waals surface area contributed by atoms with Crippen LogP contribution in [0.3, 0.4) is 0 Å². The lowest BCUT2D eigenvalue weighted by Crippen LogP contribution is -2.31. The van der Waals surface area contributed by atoms with Crippen molar-refractivity contribution in [2.45, 2.75) is 12.8 Å². The summed E-state index contributed by atoms with van der Waals surface area (Å²) in [5.41, 5.74) is 0.977. The van der Waals surface area contributed by atoms with Gasteiger partial charge in [0, 0.05) is 19.5 Å². The predicted molar refractivity (Wildman–Crippen MR) is 97.4 cm³/mol. The second-order valence-corrected chi connectivity index (χ2v) is 5.84. The van der Waals surface area contributed by atoms with Crippen LogP contribution >= 0.6 is 0 Å². The Hall–Kier alpha value is -2.76. The number of hydrogen-bond donors (Lipinski definition) is 0. The highest BCUT2D eigenvalue weighted by Gasteiger charge is 2.10. The van der Waals surface area contributed by atoms with E-state index in [0.717, 1.165) is 5.56 Å². The Morgan fingerprint density at radius 3 is 2.19 bits per heavy atom. The van der Waals surface area contributed by atoms with E-state index in [4.69, 9.17) is 14.2 Å². The molecular formula is C20H24FNO4. The highest BCUT2D eigenvalue weighted by molar-refractivity contribution is 5.76. The van der Waals surface area contributed by atoms with Gasteiger partial charge in [0.05, 0.1) is 20.8 Å². The van der Waals surface area contributed by atoms with Gasteiger partial charge in [-0.3, -0.25) is 4.79 Å². The Morgan fingerprint density at radius 2 is 1.62 bits per heavy atom. The Morgan fingerprint density at radius 1 is 1.00 bits per heavy atom. The van der Waals surface area contributed by atoms with Crippen molar-refractivity contribution in [3.8, 4) is 17.2 Å². The zero-order valence-corrected chi connectivity index (χ0v) is 15.3. The van der Waals surface area contributed by atoms with Gasteiger partial charge in [-0.2, -0.15) is 0 Å². The number of ether oxygens (including phenoxy) is 3. The van der Waals surface area contributed by atoms with Crippen molar-refractivity contribution in [1.29, 1.82) is 0 Å². The van der Waals surface area contributed by atoms with Crippen LogP contribution in [-0.4, -0.2) is 45.2 Å². The van der Waals surface area contributed by atoms with Crippen LogP contribution in [0.4, 0.5) is 4.39 Å². The van der Waals surface area contributed by atoms with Gasteiger partial charge in [-0.25, -0.2) is 4.39 Å². The summed E-state index contributed by atoms with van der Waals surface area (Å²) in [5, 5.41) is 0. The summed E-state index contributed by atoms with van der Waals surface area (Å²) >= 11 is 0. The van der Waals surface area contributed by atoms with Crippen LogP contribution in [0.1, 0.15) is 12.0 Å². The first-order chi connectivity index (χ1) is 12.5. The van der Waals surface area contributed by atoms with Crippen LogP contribution < -0.4 is 14.2 Å². The van der Waals surface area contributed by atoms with E-state index in [1.54, 1.807) is 44.4 Å². The highest BCUT2D eigenvalue weighted by atomic mass is 19.1. The molecule has 0 aliphatic carbocycles. The quantitative estimate of drug-likeness (QED) is 0.688. The SMILES string of the molecule is COc1cc(CCC(=O)N(C)CCOc2ccc(F)cc2)cc(OC)c1. The third-order valence-corrected chi connectivity index (χ3v) is 3.97. The van der Waals surface area contributed by atoms with Crippen molar-refractivity contribution in [3.63, 3.8) is 0 Å². The number of carbonyl (C=O) groups is 1. The fourth-order valence-electron chi connectivity index (χ4n) is 2.41. The number of halogens is 1. The average molecular weight is 361 g/mol. The molecule has 0 spiro atoms. The molecule has 0 atom stereocenters. The molecule has 6 heteroatoms. The van der Waals surface area contributed by atoms with Crippen molar-refractivity contribution in [3.05, 3.63) is 53.8 Å². The summed E-state index contributed by atoms with van der Waals surface area (Å²) in [5.74, 6) is 1.70. The summed E-state index contributed by atoms with van der Waals surface area (Å²) in [6.45, 7) is 0.804. The summed E-state index contributed by atoms with van der Waals surface area (Å²) in [7, 11) is 4.93. The Labute approximate surface area is 153 Å². The number of rotatable bonds is 9. The van der Waals surface area contributed by atoms with Gasteiger partial charge in [0.25, 0.3) is 0 Å². The van der Waals surface area contributed by atoms with E-state index < -0.39 is 0 Å². The van der Waals surface area contributed by atoms with Gasteiger partial charge in [0.2, 0.25) is 5.91 Å². The molecule has 0 N–H and O–H groups in total. The van der Waals surface area contributed by atoms with Crippen molar-refractivity contribution >= 4 is 5.91 Å². The lowest BCUT2D eigenvalue weighted by Gasteiger charge is -2.18. The molecule has 0 unspecified atom stereocenters. The van der Waals surface area contributed by atoms with E-state index in [-0.39, 0.29) is 11.7 Å². The molecule has 0 radical (unpaired) electrons. The van der Waals surface area contributed by atoms with E-state index >= 15 is 0 Å². The summed E-state index contributed by atoms with van der Waals surface area (Å²) in [6.07, 6.45) is 0.971. The molecule has 2 aromatic rings. The van der Waals surface area contributed by atoms with E-state index in [2.05, 4.69) is 0 Å². The monoisotopic (exact) mass is 361 g/mol. The van der Waals surface area contributed by atoms with Gasteiger partial charge in [-0.15, -0.1) is 0 Å². The first kappa shape index (κ1) is 19.6. The average Bonchev–Trinajstić information content (AvgIpc) is 2.67. The summed E-state index contributed by atoms with van der Waals surface area (Å²) < 4.78 is 28.8. The number of likely N-dealkylation sites (N-methyl/N-ethyl adjacent to an activating group) is 1. The molecule has 1 amide bonds. The van der Waals surface area contributed by atoms with E-state index in [0.29, 0.717) is 43.2 Å². The molecule has 0 aromatic heterocycles. The van der Waals surface area contributed by atoms with Gasteiger partial charge < -0.3 is 19.1 Å². The molecule has 0 bridgehead atoms. The van der Waals surface area contributed by atoms with Gasteiger partial charge >= 0.3 is 0 Å². The van der Waals surface area contributed by atoms with Crippen molar-refractivity contribution < 1.29 is 23.4 Å². The number of hydrogen-bond acceptors (Lipinski definition) is 4. The van der Waals surface area contributed by atoms with Gasteiger partial charge in [-0.1, -0.05) is 0 Å². The number of amides is 1. The maximum Gasteiger partial charge on any atom is 0.222 e. The molecule has 5 nitrogen and oxygen atoms in total. The number of nitrogens with zero attached hydrogens (tertiary/aromatic N) is 1. The van der Waals surface area contributed by atoms with E-state index in [1.807, 2.05) is 12.1 Å². The molecule has 0 saturated heterocycles. The molecule has 0 heterocycles. The van der Waals surface area contributed by atoms with Crippen LogP contribution in [0.5, 0.6) is 17.2 Å². The van der Waals surface area contributed by atoms with Gasteiger partial charge in [0.15, 0.2) is 0 Å². The molecule has 0 fully saturated rings. The van der Waals surface area contributed by atoms with Crippen molar-refractivity contribution in [1.82, 2.24) is 4.90 Å². The molecular weight excluding hydrogens is 337 g/mol. The van der Waals surface area contributed by atoms with Crippen LogP contribution in [0, 0.1) is 5.82 Å². The number of methoxy groups -OCH3 is 2. The molecule has 0 saturated carbocycles. The Bertz CT molecular complexity index is 696. The fourth-order valence-corrected chi connectivity index (χ4v) is 2.41. The molecule has 2 aromatic carbocycles. The number of carbonyl (C=O) groups excluding carboxylic acids is 1. The smallest absolute Gasteiger partial charge is 0.222 e. The lowest BCUT2D eigenvalue weighted by atomic mass is 10.1. The third-order valence-electron chi connectivity index (χ3n) is 3.97. The second-order valence-electron chi connectivity index (χ2n) is 5.84.